The maximum atomic E-state index is 11.3. The molecular weight excluding hydrogens is 396 g/mol. The van der Waals surface area contributed by atoms with Crippen LogP contribution in [0.15, 0.2) is 59.5 Å². The molecule has 0 amide bonds. The summed E-state index contributed by atoms with van der Waals surface area (Å²) in [6, 6.07) is 16.1. The Morgan fingerprint density at radius 1 is 1.10 bits per heavy atom. The minimum atomic E-state index is -0.305. The molecule has 2 aromatic heterocycles. The lowest BCUT2D eigenvalue weighted by atomic mass is 10.1. The van der Waals surface area contributed by atoms with Gasteiger partial charge < -0.3 is 9.47 Å². The number of nitrogens with zero attached hydrogens (tertiary/aromatic N) is 4. The first kappa shape index (κ1) is 19.1. The van der Waals surface area contributed by atoms with Crippen molar-refractivity contribution in [2.45, 2.75) is 19.6 Å². The Balaban J connectivity index is 1.45. The molecule has 0 spiro atoms. The maximum absolute atomic E-state index is 11.3. The van der Waals surface area contributed by atoms with Gasteiger partial charge in [-0.3, -0.25) is 14.6 Å². The standard InChI is InChI=1S/C22H22N6O3/c1-27(13-20-23-22(29)25-24-20)11-17-12-28(10-15-5-3-2-4-6-15)26-21(17)16-7-8-18-19(9-16)31-14-30-18/h2-9,12H,10-11,13-14H2,1H3,(H2,23,24,25,29). The van der Waals surface area contributed by atoms with Gasteiger partial charge in [0.2, 0.25) is 6.79 Å². The van der Waals surface area contributed by atoms with E-state index < -0.39 is 0 Å². The lowest BCUT2D eigenvalue weighted by molar-refractivity contribution is 0.174. The van der Waals surface area contributed by atoms with Crippen LogP contribution in [0.25, 0.3) is 11.3 Å². The van der Waals surface area contributed by atoms with Crippen molar-refractivity contribution in [3.63, 3.8) is 0 Å². The molecular formula is C22H22N6O3. The lowest BCUT2D eigenvalue weighted by Gasteiger charge is -2.14. The first-order valence-electron chi connectivity index (χ1n) is 9.96. The third kappa shape index (κ3) is 4.22. The number of ether oxygens (including phenoxy) is 2. The highest BCUT2D eigenvalue weighted by molar-refractivity contribution is 5.67. The molecule has 0 radical (unpaired) electrons. The van der Waals surface area contributed by atoms with Gasteiger partial charge >= 0.3 is 5.69 Å². The van der Waals surface area contributed by atoms with Crippen LogP contribution in [0.5, 0.6) is 11.5 Å². The van der Waals surface area contributed by atoms with Gasteiger partial charge in [-0.1, -0.05) is 30.3 Å². The third-order valence-electron chi connectivity index (χ3n) is 5.08. The predicted molar refractivity (Wildman–Crippen MR) is 114 cm³/mol. The first-order chi connectivity index (χ1) is 15.1. The molecule has 158 valence electrons. The van der Waals surface area contributed by atoms with E-state index in [0.29, 0.717) is 25.5 Å². The normalized spacial score (nSPS) is 12.6. The Kier molecular flexibility index (Phi) is 5.01. The highest BCUT2D eigenvalue weighted by Gasteiger charge is 2.19. The summed E-state index contributed by atoms with van der Waals surface area (Å²) in [5.41, 5.74) is 3.79. The molecule has 0 unspecified atom stereocenters. The number of nitrogens with one attached hydrogen (secondary N) is 2. The Labute approximate surface area is 178 Å². The van der Waals surface area contributed by atoms with Crippen LogP contribution in [0.4, 0.5) is 0 Å². The summed E-state index contributed by atoms with van der Waals surface area (Å²) in [7, 11) is 1.98. The molecule has 3 heterocycles. The average Bonchev–Trinajstić information content (AvgIpc) is 3.48. The summed E-state index contributed by atoms with van der Waals surface area (Å²) >= 11 is 0. The molecule has 5 rings (SSSR count). The third-order valence-corrected chi connectivity index (χ3v) is 5.08. The maximum Gasteiger partial charge on any atom is 0.340 e. The van der Waals surface area contributed by atoms with Crippen molar-refractivity contribution in [1.29, 1.82) is 0 Å². The van der Waals surface area contributed by atoms with E-state index in [9.17, 15) is 4.79 Å². The fourth-order valence-corrected chi connectivity index (χ4v) is 3.70. The zero-order valence-corrected chi connectivity index (χ0v) is 17.0. The zero-order valence-electron chi connectivity index (χ0n) is 17.0. The molecule has 0 saturated carbocycles. The molecule has 31 heavy (non-hydrogen) atoms. The van der Waals surface area contributed by atoms with Crippen molar-refractivity contribution < 1.29 is 9.47 Å². The second-order valence-corrected chi connectivity index (χ2v) is 7.55. The Morgan fingerprint density at radius 2 is 1.94 bits per heavy atom. The summed E-state index contributed by atoms with van der Waals surface area (Å²) < 4.78 is 12.9. The number of aromatic amines is 2. The molecule has 4 aromatic rings. The molecule has 2 N–H and O–H groups in total. The van der Waals surface area contributed by atoms with E-state index in [0.717, 1.165) is 28.3 Å². The Bertz CT molecular complexity index is 1240. The smallest absolute Gasteiger partial charge is 0.340 e. The van der Waals surface area contributed by atoms with Gasteiger partial charge in [0.1, 0.15) is 5.82 Å². The van der Waals surface area contributed by atoms with Crippen LogP contribution < -0.4 is 15.2 Å². The summed E-state index contributed by atoms with van der Waals surface area (Å²) in [4.78, 5) is 16.1. The van der Waals surface area contributed by atoms with E-state index in [4.69, 9.17) is 14.6 Å². The monoisotopic (exact) mass is 418 g/mol. The van der Waals surface area contributed by atoms with Crippen molar-refractivity contribution in [2.24, 2.45) is 0 Å². The number of H-pyrrole nitrogens is 2. The van der Waals surface area contributed by atoms with Crippen molar-refractivity contribution in [3.8, 4) is 22.8 Å². The molecule has 0 atom stereocenters. The number of aromatic nitrogens is 5. The zero-order chi connectivity index (χ0) is 21.2. The second-order valence-electron chi connectivity index (χ2n) is 7.55. The highest BCUT2D eigenvalue weighted by Crippen LogP contribution is 2.36. The van der Waals surface area contributed by atoms with E-state index >= 15 is 0 Å². The number of rotatable bonds is 7. The van der Waals surface area contributed by atoms with Gasteiger partial charge in [0.05, 0.1) is 18.8 Å². The average molecular weight is 418 g/mol. The topological polar surface area (TPSA) is 101 Å². The van der Waals surface area contributed by atoms with Crippen molar-refractivity contribution in [1.82, 2.24) is 29.9 Å². The van der Waals surface area contributed by atoms with Crippen LogP contribution in [0.2, 0.25) is 0 Å². The van der Waals surface area contributed by atoms with E-state index in [2.05, 4.69) is 38.4 Å². The van der Waals surface area contributed by atoms with Gasteiger partial charge in [0, 0.05) is 23.9 Å². The van der Waals surface area contributed by atoms with Crippen molar-refractivity contribution in [2.75, 3.05) is 13.8 Å². The molecule has 0 bridgehead atoms. The number of fused-ring (bicyclic) bond motifs is 1. The second kappa shape index (κ2) is 8.11. The van der Waals surface area contributed by atoms with Gasteiger partial charge in [-0.2, -0.15) is 10.2 Å². The highest BCUT2D eigenvalue weighted by atomic mass is 16.7. The predicted octanol–water partition coefficient (Wildman–Crippen LogP) is 2.37. The first-order valence-corrected chi connectivity index (χ1v) is 9.96. The van der Waals surface area contributed by atoms with Crippen LogP contribution in [0.1, 0.15) is 17.0 Å². The largest absolute Gasteiger partial charge is 0.454 e. The number of hydrogen-bond donors (Lipinski definition) is 2. The molecule has 0 saturated heterocycles. The Hall–Kier alpha value is -3.85. The summed E-state index contributed by atoms with van der Waals surface area (Å²) in [6.07, 6.45) is 2.07. The van der Waals surface area contributed by atoms with Crippen molar-refractivity contribution in [3.05, 3.63) is 82.2 Å². The molecule has 2 aromatic carbocycles. The minimum absolute atomic E-state index is 0.235. The van der Waals surface area contributed by atoms with E-state index in [1.807, 2.05) is 48.1 Å². The van der Waals surface area contributed by atoms with Crippen LogP contribution in [-0.2, 0) is 19.6 Å². The number of hydrogen-bond acceptors (Lipinski definition) is 6. The quantitative estimate of drug-likeness (QED) is 0.478. The molecule has 1 aliphatic heterocycles. The van der Waals surface area contributed by atoms with Gasteiger partial charge in [0.25, 0.3) is 0 Å². The summed E-state index contributed by atoms with van der Waals surface area (Å²) in [5, 5.41) is 11.3. The fraction of sp³-hybridized carbons (Fsp3) is 0.227. The SMILES string of the molecule is CN(Cc1n[nH]c(=O)[nH]1)Cc1cn(Cc2ccccc2)nc1-c1ccc2c(c1)OCO2. The van der Waals surface area contributed by atoms with Gasteiger partial charge in [0.15, 0.2) is 11.5 Å². The molecule has 0 aliphatic carbocycles. The van der Waals surface area contributed by atoms with Gasteiger partial charge in [-0.05, 0) is 30.8 Å². The molecule has 0 fully saturated rings. The minimum Gasteiger partial charge on any atom is -0.454 e. The van der Waals surface area contributed by atoms with E-state index in [1.165, 1.54) is 5.56 Å². The Morgan fingerprint density at radius 3 is 2.74 bits per heavy atom. The lowest BCUT2D eigenvalue weighted by Crippen LogP contribution is -2.18. The molecule has 1 aliphatic rings. The molecule has 9 nitrogen and oxygen atoms in total. The van der Waals surface area contributed by atoms with Crippen LogP contribution >= 0.6 is 0 Å². The van der Waals surface area contributed by atoms with E-state index in [-0.39, 0.29) is 12.5 Å². The van der Waals surface area contributed by atoms with Crippen molar-refractivity contribution >= 4 is 0 Å². The van der Waals surface area contributed by atoms with Crippen LogP contribution in [0.3, 0.4) is 0 Å². The van der Waals surface area contributed by atoms with E-state index in [1.54, 1.807) is 0 Å². The van der Waals surface area contributed by atoms with Gasteiger partial charge in [-0.25, -0.2) is 9.89 Å². The fourth-order valence-electron chi connectivity index (χ4n) is 3.70. The number of benzene rings is 2. The summed E-state index contributed by atoms with van der Waals surface area (Å²) in [6.45, 7) is 2.05. The van der Waals surface area contributed by atoms with Crippen LogP contribution in [-0.4, -0.2) is 43.7 Å². The summed E-state index contributed by atoms with van der Waals surface area (Å²) in [5.74, 6) is 2.06. The van der Waals surface area contributed by atoms with Gasteiger partial charge in [-0.15, -0.1) is 0 Å². The van der Waals surface area contributed by atoms with Crippen LogP contribution in [0, 0.1) is 0 Å². The molecule has 9 heteroatoms.